The van der Waals surface area contributed by atoms with Crippen LogP contribution >= 0.6 is 0 Å². The monoisotopic (exact) mass is 364 g/mol. The number of para-hydroxylation sites is 1. The van der Waals surface area contributed by atoms with Crippen LogP contribution < -0.4 is 15.8 Å². The van der Waals surface area contributed by atoms with E-state index in [0.717, 1.165) is 24.2 Å². The Morgan fingerprint density at radius 3 is 2.33 bits per heavy atom. The Bertz CT molecular complexity index is 746. The van der Waals surface area contributed by atoms with Gasteiger partial charge in [0.2, 0.25) is 0 Å². The topological polar surface area (TPSA) is 64.3 Å². The summed E-state index contributed by atoms with van der Waals surface area (Å²) in [6, 6.07) is 18.1. The quantitative estimate of drug-likeness (QED) is 0.846. The average molecular weight is 364 g/mol. The van der Waals surface area contributed by atoms with Crippen LogP contribution in [0.25, 0.3) is 0 Å². The highest BCUT2D eigenvalue weighted by Gasteiger charge is 2.39. The summed E-state index contributed by atoms with van der Waals surface area (Å²) in [4.78, 5) is 12.7. The van der Waals surface area contributed by atoms with Crippen LogP contribution in [-0.2, 0) is 6.61 Å². The van der Waals surface area contributed by atoms with Gasteiger partial charge in [-0.05, 0) is 67.3 Å². The van der Waals surface area contributed by atoms with Crippen molar-refractivity contribution in [3.63, 3.8) is 0 Å². The van der Waals surface area contributed by atoms with Crippen LogP contribution in [0, 0.1) is 11.8 Å². The zero-order valence-corrected chi connectivity index (χ0v) is 15.6. The highest BCUT2D eigenvalue weighted by atomic mass is 16.5. The van der Waals surface area contributed by atoms with Gasteiger partial charge in [-0.2, -0.15) is 0 Å². The van der Waals surface area contributed by atoms with Gasteiger partial charge >= 0.3 is 0 Å². The largest absolute Gasteiger partial charge is 0.489 e. The van der Waals surface area contributed by atoms with Crippen molar-refractivity contribution in [1.82, 2.24) is 5.32 Å². The Morgan fingerprint density at radius 2 is 1.67 bits per heavy atom. The number of hydrogen-bond donors (Lipinski definition) is 2. The lowest BCUT2D eigenvalue weighted by molar-refractivity contribution is 0.0756. The van der Waals surface area contributed by atoms with Crippen molar-refractivity contribution in [2.45, 2.75) is 50.8 Å². The predicted octanol–water partition coefficient (Wildman–Crippen LogP) is 3.90. The third-order valence-electron chi connectivity index (χ3n) is 6.04. The molecule has 2 aromatic rings. The molecule has 2 aliphatic rings. The average Bonchev–Trinajstić information content (AvgIpc) is 2.68. The first-order valence-electron chi connectivity index (χ1n) is 10.0. The van der Waals surface area contributed by atoms with Crippen molar-refractivity contribution in [3.05, 3.63) is 65.7 Å². The molecule has 0 aromatic heterocycles. The molecule has 0 spiro atoms. The molecular formula is C23H28N2O2. The van der Waals surface area contributed by atoms with Gasteiger partial charge in [0, 0.05) is 17.6 Å². The van der Waals surface area contributed by atoms with E-state index in [1.807, 2.05) is 54.6 Å². The molecule has 0 radical (unpaired) electrons. The van der Waals surface area contributed by atoms with Crippen molar-refractivity contribution in [2.24, 2.45) is 17.6 Å². The Balaban J connectivity index is 1.35. The second-order valence-electron chi connectivity index (χ2n) is 7.98. The van der Waals surface area contributed by atoms with Gasteiger partial charge in [0.25, 0.3) is 5.91 Å². The van der Waals surface area contributed by atoms with E-state index in [1.54, 1.807) is 0 Å². The van der Waals surface area contributed by atoms with Crippen LogP contribution in [0.5, 0.6) is 5.75 Å². The molecule has 2 atom stereocenters. The number of carbonyl (C=O) groups excluding carboxylic acids is 1. The van der Waals surface area contributed by atoms with Gasteiger partial charge in [0.05, 0.1) is 0 Å². The molecule has 142 valence electrons. The second kappa shape index (κ2) is 8.13. The lowest BCUT2D eigenvalue weighted by Crippen LogP contribution is -2.53. The molecule has 2 fully saturated rings. The van der Waals surface area contributed by atoms with Gasteiger partial charge in [-0.25, -0.2) is 0 Å². The van der Waals surface area contributed by atoms with Crippen LogP contribution in [0.15, 0.2) is 54.6 Å². The van der Waals surface area contributed by atoms with Crippen LogP contribution in [0.3, 0.4) is 0 Å². The molecule has 2 unspecified atom stereocenters. The number of rotatable bonds is 5. The number of hydrogen-bond acceptors (Lipinski definition) is 3. The molecule has 27 heavy (non-hydrogen) atoms. The summed E-state index contributed by atoms with van der Waals surface area (Å²) in [7, 11) is 0. The summed E-state index contributed by atoms with van der Waals surface area (Å²) in [5.74, 6) is 1.95. The molecule has 4 heteroatoms. The third kappa shape index (κ3) is 4.33. The standard InChI is InChI=1S/C23H28N2O2/c24-20-13-18-5-4-6-19(14-20)22(18)25-23(26)17-11-9-16(10-12-17)15-27-21-7-2-1-3-8-21/h1-3,7-12,18-20,22H,4-6,13-15,24H2,(H,25,26). The fraction of sp³-hybridized carbons (Fsp3) is 0.435. The summed E-state index contributed by atoms with van der Waals surface area (Å²) in [5.41, 5.74) is 7.96. The minimum absolute atomic E-state index is 0.0305. The van der Waals surface area contributed by atoms with Crippen LogP contribution in [-0.4, -0.2) is 18.0 Å². The van der Waals surface area contributed by atoms with E-state index in [0.29, 0.717) is 30.0 Å². The van der Waals surface area contributed by atoms with E-state index < -0.39 is 0 Å². The van der Waals surface area contributed by atoms with E-state index in [-0.39, 0.29) is 11.9 Å². The van der Waals surface area contributed by atoms with Gasteiger partial charge < -0.3 is 15.8 Å². The van der Waals surface area contributed by atoms with Crippen LogP contribution in [0.1, 0.15) is 48.0 Å². The molecule has 0 heterocycles. The van der Waals surface area contributed by atoms with Gasteiger partial charge in [0.1, 0.15) is 12.4 Å². The molecule has 0 aliphatic heterocycles. The molecule has 3 N–H and O–H groups in total. The van der Waals surface area contributed by atoms with Gasteiger partial charge in [-0.15, -0.1) is 0 Å². The molecule has 4 rings (SSSR count). The second-order valence-corrected chi connectivity index (χ2v) is 7.98. The highest BCUT2D eigenvalue weighted by molar-refractivity contribution is 5.94. The number of nitrogens with one attached hydrogen (secondary N) is 1. The number of nitrogens with two attached hydrogens (primary N) is 1. The van der Waals surface area contributed by atoms with Crippen LogP contribution in [0.4, 0.5) is 0 Å². The fourth-order valence-electron chi connectivity index (χ4n) is 4.70. The first-order chi connectivity index (χ1) is 13.2. The Kier molecular flexibility index (Phi) is 5.44. The molecule has 2 bridgehead atoms. The summed E-state index contributed by atoms with van der Waals surface area (Å²) in [6.07, 6.45) is 5.72. The Labute approximate surface area is 161 Å². The number of fused-ring (bicyclic) bond motifs is 2. The van der Waals surface area contributed by atoms with Crippen molar-refractivity contribution in [3.8, 4) is 5.75 Å². The van der Waals surface area contributed by atoms with E-state index in [2.05, 4.69) is 5.32 Å². The smallest absolute Gasteiger partial charge is 0.251 e. The Hall–Kier alpha value is -2.33. The zero-order chi connectivity index (χ0) is 18.6. The molecular weight excluding hydrogens is 336 g/mol. The number of carbonyl (C=O) groups is 1. The molecule has 0 saturated heterocycles. The van der Waals surface area contributed by atoms with E-state index >= 15 is 0 Å². The van der Waals surface area contributed by atoms with Crippen molar-refractivity contribution < 1.29 is 9.53 Å². The maximum absolute atomic E-state index is 12.7. The van der Waals surface area contributed by atoms with Gasteiger partial charge in [-0.1, -0.05) is 36.8 Å². The SMILES string of the molecule is NC1CC2CCCC(C1)C2NC(=O)c1ccc(COc2ccccc2)cc1. The molecule has 2 aliphatic carbocycles. The maximum Gasteiger partial charge on any atom is 0.251 e. The maximum atomic E-state index is 12.7. The summed E-state index contributed by atoms with van der Waals surface area (Å²) in [5, 5.41) is 3.31. The zero-order valence-electron chi connectivity index (χ0n) is 15.6. The highest BCUT2D eigenvalue weighted by Crippen LogP contribution is 2.39. The number of benzene rings is 2. The summed E-state index contributed by atoms with van der Waals surface area (Å²) >= 11 is 0. The van der Waals surface area contributed by atoms with Crippen molar-refractivity contribution in [1.29, 1.82) is 0 Å². The van der Waals surface area contributed by atoms with E-state index in [9.17, 15) is 4.79 Å². The summed E-state index contributed by atoms with van der Waals surface area (Å²) in [6.45, 7) is 0.497. The molecule has 4 nitrogen and oxygen atoms in total. The molecule has 2 aromatic carbocycles. The van der Waals surface area contributed by atoms with Crippen molar-refractivity contribution in [2.75, 3.05) is 0 Å². The normalized spacial score (nSPS) is 27.0. The third-order valence-corrected chi connectivity index (χ3v) is 6.04. The molecule has 2 saturated carbocycles. The van der Waals surface area contributed by atoms with E-state index in [4.69, 9.17) is 10.5 Å². The van der Waals surface area contributed by atoms with Crippen LogP contribution in [0.2, 0.25) is 0 Å². The first kappa shape index (κ1) is 18.1. The number of amides is 1. The predicted molar refractivity (Wildman–Crippen MR) is 107 cm³/mol. The van der Waals surface area contributed by atoms with Gasteiger partial charge in [-0.3, -0.25) is 4.79 Å². The minimum Gasteiger partial charge on any atom is -0.489 e. The molecule has 1 amide bonds. The van der Waals surface area contributed by atoms with Gasteiger partial charge in [0.15, 0.2) is 0 Å². The van der Waals surface area contributed by atoms with Crippen molar-refractivity contribution >= 4 is 5.91 Å². The lowest BCUT2D eigenvalue weighted by atomic mass is 9.67. The van der Waals surface area contributed by atoms with E-state index in [1.165, 1.54) is 19.3 Å². The Morgan fingerprint density at radius 1 is 1.00 bits per heavy atom. The lowest BCUT2D eigenvalue weighted by Gasteiger charge is -2.45. The fourth-order valence-corrected chi connectivity index (χ4v) is 4.70. The minimum atomic E-state index is 0.0305. The first-order valence-corrected chi connectivity index (χ1v) is 10.0. The summed E-state index contributed by atoms with van der Waals surface area (Å²) < 4.78 is 5.76. The number of ether oxygens (including phenoxy) is 1.